The first-order valence-electron chi connectivity index (χ1n) is 9.08. The van der Waals surface area contributed by atoms with Crippen LogP contribution in [0.4, 0.5) is 10.5 Å². The lowest BCUT2D eigenvalue weighted by atomic mass is 10.1. The predicted octanol–water partition coefficient (Wildman–Crippen LogP) is 2.95. The predicted molar refractivity (Wildman–Crippen MR) is 121 cm³/mol. The number of nitrogens with zero attached hydrogens (tertiary/aromatic N) is 1. The summed E-state index contributed by atoms with van der Waals surface area (Å²) in [5.74, 6) is -1.88. The van der Waals surface area contributed by atoms with Crippen molar-refractivity contribution in [3.8, 4) is 11.5 Å². The number of hydrogen-bond acceptors (Lipinski definition) is 6. The Labute approximate surface area is 196 Å². The van der Waals surface area contributed by atoms with Gasteiger partial charge in [-0.15, -0.1) is 0 Å². The van der Waals surface area contributed by atoms with Crippen LogP contribution in [-0.2, 0) is 14.4 Å². The van der Waals surface area contributed by atoms with Crippen LogP contribution in [0.1, 0.15) is 11.1 Å². The number of urea groups is 1. The molecule has 3 rings (SSSR count). The highest BCUT2D eigenvalue weighted by molar-refractivity contribution is 9.10. The van der Waals surface area contributed by atoms with Crippen LogP contribution in [-0.4, -0.2) is 37.5 Å². The second-order valence-corrected chi connectivity index (χ2v) is 7.94. The second-order valence-electron chi connectivity index (χ2n) is 6.68. The molecule has 9 nitrogen and oxygen atoms in total. The topological polar surface area (TPSA) is 128 Å². The monoisotopic (exact) mass is 521 g/mol. The van der Waals surface area contributed by atoms with E-state index in [-0.39, 0.29) is 29.4 Å². The Morgan fingerprint density at radius 1 is 1.25 bits per heavy atom. The van der Waals surface area contributed by atoms with E-state index in [2.05, 4.69) is 21.2 Å². The van der Waals surface area contributed by atoms with Crippen molar-refractivity contribution in [2.24, 2.45) is 5.73 Å². The Hall–Kier alpha value is -3.37. The first-order chi connectivity index (χ1) is 15.1. The van der Waals surface area contributed by atoms with Crippen molar-refractivity contribution >= 4 is 63.0 Å². The molecule has 1 saturated heterocycles. The number of imide groups is 2. The van der Waals surface area contributed by atoms with Crippen LogP contribution in [0.3, 0.4) is 0 Å². The third-order valence-corrected chi connectivity index (χ3v) is 5.43. The number of nitrogens with two attached hydrogens (primary N) is 1. The SMILES string of the molecule is COc1cc(/C=C2\C(=O)NC(=O)N(c3ccc(C)c(Cl)c3)C2=O)cc(Br)c1OCC(N)=O. The van der Waals surface area contributed by atoms with Gasteiger partial charge in [-0.3, -0.25) is 19.7 Å². The fraction of sp³-hybridized carbons (Fsp3) is 0.143. The molecule has 0 spiro atoms. The van der Waals surface area contributed by atoms with E-state index in [4.69, 9.17) is 26.8 Å². The summed E-state index contributed by atoms with van der Waals surface area (Å²) in [7, 11) is 1.38. The molecule has 3 N–H and O–H groups in total. The highest BCUT2D eigenvalue weighted by atomic mass is 79.9. The molecule has 2 aromatic carbocycles. The van der Waals surface area contributed by atoms with Gasteiger partial charge in [0.1, 0.15) is 5.57 Å². The van der Waals surface area contributed by atoms with Crippen molar-refractivity contribution in [1.82, 2.24) is 5.32 Å². The van der Waals surface area contributed by atoms with Crippen LogP contribution in [0.25, 0.3) is 6.08 Å². The molecule has 1 aliphatic heterocycles. The number of halogens is 2. The Morgan fingerprint density at radius 2 is 1.97 bits per heavy atom. The molecule has 0 unspecified atom stereocenters. The summed E-state index contributed by atoms with van der Waals surface area (Å²) in [5.41, 5.74) is 6.21. The lowest BCUT2D eigenvalue weighted by molar-refractivity contribution is -0.123. The van der Waals surface area contributed by atoms with Crippen molar-refractivity contribution in [3.05, 3.63) is 56.5 Å². The molecule has 32 heavy (non-hydrogen) atoms. The van der Waals surface area contributed by atoms with Gasteiger partial charge in [0.15, 0.2) is 18.1 Å². The lowest BCUT2D eigenvalue weighted by Gasteiger charge is -2.26. The van der Waals surface area contributed by atoms with Gasteiger partial charge in [0.25, 0.3) is 17.7 Å². The fourth-order valence-electron chi connectivity index (χ4n) is 2.89. The van der Waals surface area contributed by atoms with E-state index < -0.39 is 23.8 Å². The minimum Gasteiger partial charge on any atom is -0.493 e. The Bertz CT molecular complexity index is 1180. The molecule has 0 radical (unpaired) electrons. The van der Waals surface area contributed by atoms with Crippen molar-refractivity contribution in [2.45, 2.75) is 6.92 Å². The van der Waals surface area contributed by atoms with E-state index in [1.807, 2.05) is 0 Å². The molecular weight excluding hydrogens is 506 g/mol. The van der Waals surface area contributed by atoms with Gasteiger partial charge in [-0.05, 0) is 64.3 Å². The number of anilines is 1. The second kappa shape index (κ2) is 9.41. The highest BCUT2D eigenvalue weighted by Crippen LogP contribution is 2.37. The number of methoxy groups -OCH3 is 1. The highest BCUT2D eigenvalue weighted by Gasteiger charge is 2.37. The molecule has 1 heterocycles. The average molecular weight is 523 g/mol. The van der Waals surface area contributed by atoms with E-state index in [1.165, 1.54) is 25.3 Å². The Morgan fingerprint density at radius 3 is 2.59 bits per heavy atom. The summed E-state index contributed by atoms with van der Waals surface area (Å²) in [6.45, 7) is 1.41. The van der Waals surface area contributed by atoms with Crippen LogP contribution in [0.5, 0.6) is 11.5 Å². The number of hydrogen-bond donors (Lipinski definition) is 2. The van der Waals surface area contributed by atoms with E-state index >= 15 is 0 Å². The number of amides is 5. The van der Waals surface area contributed by atoms with Crippen LogP contribution in [0.2, 0.25) is 5.02 Å². The lowest BCUT2D eigenvalue weighted by Crippen LogP contribution is -2.54. The third-order valence-electron chi connectivity index (χ3n) is 4.44. The van der Waals surface area contributed by atoms with E-state index in [9.17, 15) is 19.2 Å². The number of carbonyl (C=O) groups excluding carboxylic acids is 4. The summed E-state index contributed by atoms with van der Waals surface area (Å²) in [5, 5.41) is 2.51. The number of barbiturate groups is 1. The fourth-order valence-corrected chi connectivity index (χ4v) is 3.63. The number of carbonyl (C=O) groups is 4. The molecule has 0 aromatic heterocycles. The van der Waals surface area contributed by atoms with Crippen molar-refractivity contribution in [2.75, 3.05) is 18.6 Å². The normalized spacial score (nSPS) is 15.1. The first-order valence-corrected chi connectivity index (χ1v) is 10.3. The van der Waals surface area contributed by atoms with Gasteiger partial charge in [-0.25, -0.2) is 9.69 Å². The number of rotatable bonds is 6. The molecule has 0 atom stereocenters. The number of ether oxygens (including phenoxy) is 2. The van der Waals surface area contributed by atoms with E-state index in [0.29, 0.717) is 15.1 Å². The van der Waals surface area contributed by atoms with Gasteiger partial charge < -0.3 is 15.2 Å². The minimum atomic E-state index is -0.883. The maximum absolute atomic E-state index is 13.0. The zero-order chi connectivity index (χ0) is 23.6. The van der Waals surface area contributed by atoms with Gasteiger partial charge in [0.05, 0.1) is 17.3 Å². The third kappa shape index (κ3) is 4.76. The number of primary amides is 1. The molecule has 0 saturated carbocycles. The minimum absolute atomic E-state index is 0.218. The van der Waals surface area contributed by atoms with Gasteiger partial charge in [0.2, 0.25) is 0 Å². The molecule has 166 valence electrons. The first kappa shape index (κ1) is 23.3. The largest absolute Gasteiger partial charge is 0.493 e. The van der Waals surface area contributed by atoms with Crippen molar-refractivity contribution < 1.29 is 28.7 Å². The van der Waals surface area contributed by atoms with Gasteiger partial charge >= 0.3 is 6.03 Å². The quantitative estimate of drug-likeness (QED) is 0.443. The summed E-state index contributed by atoms with van der Waals surface area (Å²) in [6, 6.07) is 6.84. The van der Waals surface area contributed by atoms with Crippen LogP contribution < -0.4 is 25.4 Å². The van der Waals surface area contributed by atoms with Gasteiger partial charge in [-0.2, -0.15) is 0 Å². The Kier molecular flexibility index (Phi) is 6.85. The average Bonchev–Trinajstić information content (AvgIpc) is 2.72. The molecule has 0 bridgehead atoms. The molecule has 1 aliphatic rings. The zero-order valence-corrected chi connectivity index (χ0v) is 19.2. The molecule has 11 heteroatoms. The molecule has 2 aromatic rings. The molecule has 1 fully saturated rings. The van der Waals surface area contributed by atoms with Crippen LogP contribution in [0.15, 0.2) is 40.4 Å². The Balaban J connectivity index is 2.01. The molecular formula is C21H17BrClN3O6. The number of aryl methyl sites for hydroxylation is 1. The zero-order valence-electron chi connectivity index (χ0n) is 16.9. The van der Waals surface area contributed by atoms with E-state index in [0.717, 1.165) is 10.5 Å². The van der Waals surface area contributed by atoms with Crippen LogP contribution >= 0.6 is 27.5 Å². The van der Waals surface area contributed by atoms with Crippen LogP contribution in [0, 0.1) is 6.92 Å². The standard InChI is InChI=1S/C21H17BrClN3O6/c1-10-3-4-12(8-15(10)23)26-20(29)13(19(28)25-21(26)30)5-11-6-14(22)18(16(7-11)31-2)32-9-17(24)27/h3-8H,9H2,1-2H3,(H2,24,27)(H,25,28,30)/b13-5+. The maximum Gasteiger partial charge on any atom is 0.335 e. The van der Waals surface area contributed by atoms with Gasteiger partial charge in [0, 0.05) is 5.02 Å². The van der Waals surface area contributed by atoms with Crippen molar-refractivity contribution in [3.63, 3.8) is 0 Å². The summed E-state index contributed by atoms with van der Waals surface area (Å²) in [6.07, 6.45) is 1.30. The number of benzene rings is 2. The maximum atomic E-state index is 13.0. The van der Waals surface area contributed by atoms with Gasteiger partial charge in [-0.1, -0.05) is 17.7 Å². The number of nitrogens with one attached hydrogen (secondary N) is 1. The summed E-state index contributed by atoms with van der Waals surface area (Å²) >= 11 is 9.43. The van der Waals surface area contributed by atoms with E-state index in [1.54, 1.807) is 25.1 Å². The summed E-state index contributed by atoms with van der Waals surface area (Å²) < 4.78 is 11.0. The molecule has 5 amide bonds. The molecule has 0 aliphatic carbocycles. The smallest absolute Gasteiger partial charge is 0.335 e. The van der Waals surface area contributed by atoms with Crippen molar-refractivity contribution in [1.29, 1.82) is 0 Å². The summed E-state index contributed by atoms with van der Waals surface area (Å²) in [4.78, 5) is 49.6.